The minimum absolute atomic E-state index is 0.207. The van der Waals surface area contributed by atoms with Gasteiger partial charge < -0.3 is 10.0 Å². The number of hydrogen-bond donors (Lipinski definition) is 1. The summed E-state index contributed by atoms with van der Waals surface area (Å²) in [5, 5.41) is 9.98. The predicted molar refractivity (Wildman–Crippen MR) is 98.7 cm³/mol. The third kappa shape index (κ3) is 5.01. The molecule has 0 bridgehead atoms. The lowest BCUT2D eigenvalue weighted by Crippen LogP contribution is -2.38. The van der Waals surface area contributed by atoms with Gasteiger partial charge in [0.1, 0.15) is 0 Å². The van der Waals surface area contributed by atoms with Crippen LogP contribution in [0.3, 0.4) is 0 Å². The van der Waals surface area contributed by atoms with E-state index >= 15 is 0 Å². The molecule has 0 unspecified atom stereocenters. The number of aliphatic carboxylic acids is 1. The molecule has 3 rings (SSSR count). The van der Waals surface area contributed by atoms with Gasteiger partial charge in [0.25, 0.3) is 0 Å². The van der Waals surface area contributed by atoms with Gasteiger partial charge in [-0.3, -0.25) is 9.59 Å². The molecular formula is C19H24N2O3S. The fraction of sp³-hybridized carbons (Fsp3) is 0.526. The summed E-state index contributed by atoms with van der Waals surface area (Å²) in [6, 6.07) is 8.16. The van der Waals surface area contributed by atoms with Crippen LogP contribution in [0.1, 0.15) is 43.5 Å². The number of unbranched alkanes of at least 4 members (excludes halogenated alkanes) is 1. The largest absolute Gasteiger partial charge is 0.481 e. The third-order valence-corrected chi connectivity index (χ3v) is 5.90. The molecule has 2 aromatic rings. The normalized spacial score (nSPS) is 15.6. The Bertz CT molecular complexity index is 702. The highest BCUT2D eigenvalue weighted by Gasteiger charge is 2.23. The number of amides is 1. The van der Waals surface area contributed by atoms with Crippen molar-refractivity contribution < 1.29 is 14.7 Å². The minimum Gasteiger partial charge on any atom is -0.481 e. The monoisotopic (exact) mass is 360 g/mol. The van der Waals surface area contributed by atoms with Crippen molar-refractivity contribution in [3.63, 3.8) is 0 Å². The molecule has 1 amide bonds. The number of rotatable bonds is 7. The average Bonchev–Trinajstić information content (AvgIpc) is 3.01. The lowest BCUT2D eigenvalue weighted by molar-refractivity contribution is -0.138. The Morgan fingerprint density at radius 3 is 2.68 bits per heavy atom. The van der Waals surface area contributed by atoms with Crippen LogP contribution in [0.15, 0.2) is 24.3 Å². The molecule has 0 spiro atoms. The maximum atomic E-state index is 12.3. The number of hydrogen-bond acceptors (Lipinski definition) is 4. The van der Waals surface area contributed by atoms with E-state index in [1.807, 2.05) is 23.1 Å². The number of para-hydroxylation sites is 1. The first-order valence-electron chi connectivity index (χ1n) is 8.96. The Balaban J connectivity index is 1.36. The summed E-state index contributed by atoms with van der Waals surface area (Å²) in [4.78, 5) is 29.5. The summed E-state index contributed by atoms with van der Waals surface area (Å²) in [7, 11) is 0. The number of carbonyl (C=O) groups excluding carboxylic acids is 1. The smallest absolute Gasteiger partial charge is 0.303 e. The lowest BCUT2D eigenvalue weighted by atomic mass is 9.93. The number of likely N-dealkylation sites (tertiary alicyclic amines) is 1. The van der Waals surface area contributed by atoms with Gasteiger partial charge in [-0.25, -0.2) is 4.98 Å². The molecule has 25 heavy (non-hydrogen) atoms. The molecule has 1 N–H and O–H groups in total. The molecule has 1 saturated heterocycles. The maximum Gasteiger partial charge on any atom is 0.303 e. The number of benzene rings is 1. The zero-order chi connectivity index (χ0) is 17.6. The number of piperidine rings is 1. The highest BCUT2D eigenvalue weighted by Crippen LogP contribution is 2.24. The van der Waals surface area contributed by atoms with Crippen LogP contribution in [0.25, 0.3) is 10.2 Å². The van der Waals surface area contributed by atoms with Crippen LogP contribution in [-0.4, -0.2) is 40.0 Å². The summed E-state index contributed by atoms with van der Waals surface area (Å²) in [5.74, 6) is -0.307. The Hall–Kier alpha value is -1.95. The summed E-state index contributed by atoms with van der Waals surface area (Å²) in [5.41, 5.74) is 1.06. The van der Waals surface area contributed by atoms with E-state index in [0.29, 0.717) is 19.5 Å². The van der Waals surface area contributed by atoms with Crippen molar-refractivity contribution in [3.05, 3.63) is 29.3 Å². The lowest BCUT2D eigenvalue weighted by Gasteiger charge is -2.31. The molecule has 134 valence electrons. The Morgan fingerprint density at radius 2 is 1.96 bits per heavy atom. The second-order valence-electron chi connectivity index (χ2n) is 6.70. The molecule has 6 heteroatoms. The maximum absolute atomic E-state index is 12.3. The van der Waals surface area contributed by atoms with E-state index in [1.165, 1.54) is 4.70 Å². The molecule has 2 heterocycles. The predicted octanol–water partition coefficient (Wildman–Crippen LogP) is 3.72. The van der Waals surface area contributed by atoms with Gasteiger partial charge in [0.05, 0.1) is 15.2 Å². The van der Waals surface area contributed by atoms with Crippen LogP contribution in [-0.2, 0) is 16.0 Å². The number of nitrogens with zero attached hydrogens (tertiary/aromatic N) is 2. The van der Waals surface area contributed by atoms with Crippen LogP contribution in [0.5, 0.6) is 0 Å². The number of carbonyl (C=O) groups is 2. The fourth-order valence-electron chi connectivity index (χ4n) is 3.37. The van der Waals surface area contributed by atoms with Crippen molar-refractivity contribution in [1.29, 1.82) is 0 Å². The number of fused-ring (bicyclic) bond motifs is 1. The number of carboxylic acid groups (broad SMARTS) is 1. The molecule has 0 aliphatic carbocycles. The van der Waals surface area contributed by atoms with Gasteiger partial charge in [-0.05, 0) is 50.2 Å². The molecule has 5 nitrogen and oxygen atoms in total. The van der Waals surface area contributed by atoms with E-state index in [9.17, 15) is 9.59 Å². The van der Waals surface area contributed by atoms with Crippen LogP contribution >= 0.6 is 11.3 Å². The molecular weight excluding hydrogens is 336 g/mol. The second kappa shape index (κ2) is 8.43. The summed E-state index contributed by atoms with van der Waals surface area (Å²) in [6.07, 6.45) is 5.20. The molecule has 1 aromatic heterocycles. The first-order chi connectivity index (χ1) is 12.1. The van der Waals surface area contributed by atoms with E-state index in [0.717, 1.165) is 42.6 Å². The zero-order valence-electron chi connectivity index (χ0n) is 14.3. The van der Waals surface area contributed by atoms with Gasteiger partial charge in [-0.2, -0.15) is 0 Å². The van der Waals surface area contributed by atoms with Crippen LogP contribution in [0.4, 0.5) is 0 Å². The van der Waals surface area contributed by atoms with Gasteiger partial charge in [-0.15, -0.1) is 11.3 Å². The Labute approximate surface area is 151 Å². The van der Waals surface area contributed by atoms with Crippen LogP contribution in [0.2, 0.25) is 0 Å². The zero-order valence-corrected chi connectivity index (χ0v) is 15.1. The van der Waals surface area contributed by atoms with Crippen molar-refractivity contribution in [3.8, 4) is 0 Å². The van der Waals surface area contributed by atoms with Gasteiger partial charge in [0, 0.05) is 25.9 Å². The average molecular weight is 360 g/mol. The third-order valence-electron chi connectivity index (χ3n) is 4.80. The fourth-order valence-corrected chi connectivity index (χ4v) is 4.38. The number of thiazole rings is 1. The quantitative estimate of drug-likeness (QED) is 0.764. The summed E-state index contributed by atoms with van der Waals surface area (Å²) >= 11 is 1.73. The highest BCUT2D eigenvalue weighted by atomic mass is 32.1. The number of aryl methyl sites for hydroxylation is 1. The van der Waals surface area contributed by atoms with Crippen molar-refractivity contribution >= 4 is 33.4 Å². The summed E-state index contributed by atoms with van der Waals surface area (Å²) in [6.45, 7) is 1.41. The summed E-state index contributed by atoms with van der Waals surface area (Å²) < 4.78 is 1.22. The number of carboxylic acids is 1. The first-order valence-corrected chi connectivity index (χ1v) is 9.77. The van der Waals surface area contributed by atoms with Gasteiger partial charge in [-0.1, -0.05) is 12.1 Å². The van der Waals surface area contributed by atoms with Gasteiger partial charge in [0.15, 0.2) is 0 Å². The van der Waals surface area contributed by atoms with E-state index in [1.54, 1.807) is 11.3 Å². The van der Waals surface area contributed by atoms with Crippen molar-refractivity contribution in [1.82, 2.24) is 9.88 Å². The van der Waals surface area contributed by atoms with E-state index in [2.05, 4.69) is 11.1 Å². The number of aromatic nitrogens is 1. The van der Waals surface area contributed by atoms with Gasteiger partial charge >= 0.3 is 5.97 Å². The molecule has 1 aromatic carbocycles. The molecule has 0 saturated carbocycles. The topological polar surface area (TPSA) is 70.5 Å². The van der Waals surface area contributed by atoms with Crippen molar-refractivity contribution in [2.45, 2.75) is 44.9 Å². The molecule has 1 aliphatic heterocycles. The van der Waals surface area contributed by atoms with E-state index < -0.39 is 5.97 Å². The van der Waals surface area contributed by atoms with Crippen molar-refractivity contribution in [2.24, 2.45) is 5.92 Å². The Morgan fingerprint density at radius 1 is 1.20 bits per heavy atom. The first kappa shape index (κ1) is 17.9. The van der Waals surface area contributed by atoms with Crippen LogP contribution < -0.4 is 0 Å². The molecule has 1 aliphatic rings. The SMILES string of the molecule is O=C(O)CC1CCN(C(=O)CCCCc2nc3ccccc3s2)CC1. The Kier molecular flexibility index (Phi) is 6.02. The molecule has 0 radical (unpaired) electrons. The second-order valence-corrected chi connectivity index (χ2v) is 7.82. The minimum atomic E-state index is -0.736. The highest BCUT2D eigenvalue weighted by molar-refractivity contribution is 7.18. The van der Waals surface area contributed by atoms with E-state index in [4.69, 9.17) is 5.11 Å². The van der Waals surface area contributed by atoms with Crippen LogP contribution in [0, 0.1) is 5.92 Å². The van der Waals surface area contributed by atoms with Crippen molar-refractivity contribution in [2.75, 3.05) is 13.1 Å². The van der Waals surface area contributed by atoms with Gasteiger partial charge in [0.2, 0.25) is 5.91 Å². The molecule has 1 fully saturated rings. The molecule has 0 atom stereocenters. The standard InChI is InChI=1S/C19H24N2O3S/c22-18(21-11-9-14(10-12-21)13-19(23)24)8-4-3-7-17-20-15-5-1-2-6-16(15)25-17/h1-2,5-6,14H,3-4,7-13H2,(H,23,24). The van der Waals surface area contributed by atoms with E-state index in [-0.39, 0.29) is 18.2 Å².